The molecular formula is C10H20N4. The fourth-order valence-electron chi connectivity index (χ4n) is 1.53. The minimum Gasteiger partial charge on any atom is -0.353 e. The van der Waals surface area contributed by atoms with Crippen LogP contribution in [-0.2, 0) is 0 Å². The Balaban J connectivity index is 1.58. The molecule has 4 nitrogen and oxygen atoms in total. The number of rotatable bonds is 5. The summed E-state index contributed by atoms with van der Waals surface area (Å²) in [4.78, 5) is 4.39. The number of nitrogens with zero attached hydrogens (tertiary/aromatic N) is 1. The van der Waals surface area contributed by atoms with E-state index >= 15 is 0 Å². The predicted octanol–water partition coefficient (Wildman–Crippen LogP) is 0.748. The molecule has 2 saturated carbocycles. The predicted molar refractivity (Wildman–Crippen MR) is 57.7 cm³/mol. The molecule has 2 aliphatic carbocycles. The van der Waals surface area contributed by atoms with Crippen LogP contribution in [0.25, 0.3) is 0 Å². The topological polar surface area (TPSA) is 62.4 Å². The summed E-state index contributed by atoms with van der Waals surface area (Å²) in [6.07, 6.45) is 7.91. The van der Waals surface area contributed by atoms with Crippen molar-refractivity contribution >= 4 is 5.96 Å². The van der Waals surface area contributed by atoms with Crippen molar-refractivity contribution in [3.8, 4) is 0 Å². The number of nitrogens with one attached hydrogen (secondary N) is 2. The Bertz CT molecular complexity index is 206. The summed E-state index contributed by atoms with van der Waals surface area (Å²) in [6, 6.07) is 0.619. The van der Waals surface area contributed by atoms with E-state index in [1.54, 1.807) is 0 Å². The molecule has 2 fully saturated rings. The maximum absolute atomic E-state index is 5.36. The summed E-state index contributed by atoms with van der Waals surface area (Å²) in [7, 11) is 0. The third-order valence-electron chi connectivity index (χ3n) is 2.79. The highest BCUT2D eigenvalue weighted by Crippen LogP contribution is 2.33. The molecule has 80 valence electrons. The van der Waals surface area contributed by atoms with E-state index in [0.717, 1.165) is 18.4 Å². The Labute approximate surface area is 85.3 Å². The van der Waals surface area contributed by atoms with Gasteiger partial charge in [-0.2, -0.15) is 0 Å². The van der Waals surface area contributed by atoms with Crippen LogP contribution < -0.4 is 16.6 Å². The lowest BCUT2D eigenvalue weighted by atomic mass is 10.2. The van der Waals surface area contributed by atoms with Gasteiger partial charge in [-0.3, -0.25) is 10.4 Å². The Morgan fingerprint density at radius 2 is 2.07 bits per heavy atom. The van der Waals surface area contributed by atoms with Crippen molar-refractivity contribution in [2.45, 2.75) is 44.6 Å². The second-order valence-electron chi connectivity index (χ2n) is 4.38. The Morgan fingerprint density at radius 3 is 2.64 bits per heavy atom. The largest absolute Gasteiger partial charge is 0.353 e. The van der Waals surface area contributed by atoms with Gasteiger partial charge in [0.15, 0.2) is 0 Å². The van der Waals surface area contributed by atoms with Gasteiger partial charge in [0.1, 0.15) is 0 Å². The van der Waals surface area contributed by atoms with Crippen molar-refractivity contribution in [2.24, 2.45) is 16.8 Å². The normalized spacial score (nSPS) is 22.2. The van der Waals surface area contributed by atoms with Gasteiger partial charge in [-0.15, -0.1) is 0 Å². The first-order valence-electron chi connectivity index (χ1n) is 5.66. The van der Waals surface area contributed by atoms with Gasteiger partial charge in [0, 0.05) is 12.6 Å². The number of hydrazine groups is 1. The van der Waals surface area contributed by atoms with Crippen LogP contribution in [0, 0.1) is 5.92 Å². The quantitative estimate of drug-likeness (QED) is 0.200. The van der Waals surface area contributed by atoms with Crippen molar-refractivity contribution in [1.29, 1.82) is 0 Å². The Kier molecular flexibility index (Phi) is 3.24. The van der Waals surface area contributed by atoms with Crippen LogP contribution in [-0.4, -0.2) is 18.5 Å². The maximum atomic E-state index is 5.36. The van der Waals surface area contributed by atoms with Gasteiger partial charge < -0.3 is 5.32 Å². The molecule has 0 bridgehead atoms. The third-order valence-corrected chi connectivity index (χ3v) is 2.79. The minimum atomic E-state index is 0.619. The van der Waals surface area contributed by atoms with Gasteiger partial charge in [0.05, 0.1) is 0 Å². The van der Waals surface area contributed by atoms with Crippen LogP contribution in [0.3, 0.4) is 0 Å². The van der Waals surface area contributed by atoms with Crippen LogP contribution in [0.2, 0.25) is 0 Å². The first-order chi connectivity index (χ1) is 6.88. The Morgan fingerprint density at radius 1 is 1.29 bits per heavy atom. The molecule has 0 aliphatic heterocycles. The summed E-state index contributed by atoms with van der Waals surface area (Å²) < 4.78 is 0. The van der Waals surface area contributed by atoms with Gasteiger partial charge >= 0.3 is 0 Å². The first-order valence-corrected chi connectivity index (χ1v) is 5.66. The molecule has 0 amide bonds. The average molecular weight is 196 g/mol. The van der Waals surface area contributed by atoms with Crippen LogP contribution in [0.5, 0.6) is 0 Å². The van der Waals surface area contributed by atoms with E-state index < -0.39 is 0 Å². The van der Waals surface area contributed by atoms with Crippen LogP contribution in [0.15, 0.2) is 4.99 Å². The van der Waals surface area contributed by atoms with Gasteiger partial charge in [0.2, 0.25) is 5.96 Å². The van der Waals surface area contributed by atoms with Gasteiger partial charge in [-0.1, -0.05) is 12.8 Å². The highest BCUT2D eigenvalue weighted by molar-refractivity contribution is 5.79. The SMILES string of the molecule is NNC(=NCCCC1CC1)NC1CC1. The monoisotopic (exact) mass is 196 g/mol. The molecule has 4 N–H and O–H groups in total. The van der Waals surface area contributed by atoms with Gasteiger partial charge in [0.25, 0.3) is 0 Å². The van der Waals surface area contributed by atoms with E-state index in [4.69, 9.17) is 5.84 Å². The first kappa shape index (κ1) is 9.77. The van der Waals surface area contributed by atoms with Crippen molar-refractivity contribution < 1.29 is 0 Å². The van der Waals surface area contributed by atoms with Gasteiger partial charge in [-0.25, -0.2) is 5.84 Å². The molecule has 0 aromatic rings. The average Bonchev–Trinajstić information content (AvgIpc) is 3.03. The summed E-state index contributed by atoms with van der Waals surface area (Å²) in [6.45, 7) is 0.899. The highest BCUT2D eigenvalue weighted by Gasteiger charge is 2.22. The minimum absolute atomic E-state index is 0.619. The fraction of sp³-hybridized carbons (Fsp3) is 0.900. The zero-order valence-electron chi connectivity index (χ0n) is 8.63. The van der Waals surface area contributed by atoms with Crippen LogP contribution in [0.1, 0.15) is 38.5 Å². The summed E-state index contributed by atoms with van der Waals surface area (Å²) in [5.74, 6) is 7.14. The smallest absolute Gasteiger partial charge is 0.205 e. The molecule has 0 aromatic heterocycles. The Hall–Kier alpha value is -0.770. The number of aliphatic imine (C=N–C) groups is 1. The number of hydrogen-bond acceptors (Lipinski definition) is 2. The van der Waals surface area contributed by atoms with Crippen molar-refractivity contribution in [2.75, 3.05) is 6.54 Å². The van der Waals surface area contributed by atoms with E-state index in [2.05, 4.69) is 15.7 Å². The third kappa shape index (κ3) is 3.54. The summed E-state index contributed by atoms with van der Waals surface area (Å²) >= 11 is 0. The fourth-order valence-corrected chi connectivity index (χ4v) is 1.53. The highest BCUT2D eigenvalue weighted by atomic mass is 15.3. The molecule has 0 unspecified atom stereocenters. The van der Waals surface area contributed by atoms with Gasteiger partial charge in [-0.05, 0) is 31.6 Å². The second kappa shape index (κ2) is 4.64. The zero-order chi connectivity index (χ0) is 9.80. The van der Waals surface area contributed by atoms with Crippen molar-refractivity contribution in [1.82, 2.24) is 10.7 Å². The van der Waals surface area contributed by atoms with Crippen LogP contribution >= 0.6 is 0 Å². The molecule has 0 heterocycles. The molecule has 0 spiro atoms. The second-order valence-corrected chi connectivity index (χ2v) is 4.38. The molecule has 4 heteroatoms. The van der Waals surface area contributed by atoms with E-state index in [1.165, 1.54) is 38.5 Å². The number of guanidine groups is 1. The summed E-state index contributed by atoms with van der Waals surface area (Å²) in [5, 5.41) is 3.26. The van der Waals surface area contributed by atoms with Crippen LogP contribution in [0.4, 0.5) is 0 Å². The standard InChI is InChI=1S/C10H20N4/c11-14-10(13-9-5-6-9)12-7-1-2-8-3-4-8/h8-9H,1-7,11H2,(H2,12,13,14). The molecule has 0 saturated heterocycles. The van der Waals surface area contributed by atoms with Crippen molar-refractivity contribution in [3.05, 3.63) is 0 Å². The lowest BCUT2D eigenvalue weighted by Gasteiger charge is -2.07. The number of nitrogens with two attached hydrogens (primary N) is 1. The van der Waals surface area contributed by atoms with E-state index in [-0.39, 0.29) is 0 Å². The zero-order valence-corrected chi connectivity index (χ0v) is 8.63. The lowest BCUT2D eigenvalue weighted by Crippen LogP contribution is -2.42. The molecule has 0 radical (unpaired) electrons. The van der Waals surface area contributed by atoms with E-state index in [9.17, 15) is 0 Å². The molecule has 0 aromatic carbocycles. The molecule has 2 aliphatic rings. The molecule has 14 heavy (non-hydrogen) atoms. The number of hydrogen-bond donors (Lipinski definition) is 3. The molecule has 0 atom stereocenters. The molecular weight excluding hydrogens is 176 g/mol. The molecule has 2 rings (SSSR count). The lowest BCUT2D eigenvalue weighted by molar-refractivity contribution is 0.670. The van der Waals surface area contributed by atoms with E-state index in [0.29, 0.717) is 6.04 Å². The van der Waals surface area contributed by atoms with E-state index in [1.807, 2.05) is 0 Å². The van der Waals surface area contributed by atoms with Crippen molar-refractivity contribution in [3.63, 3.8) is 0 Å². The maximum Gasteiger partial charge on any atom is 0.205 e. The summed E-state index contributed by atoms with van der Waals surface area (Å²) in [5.41, 5.74) is 2.62.